The third-order valence-corrected chi connectivity index (χ3v) is 16.9. The lowest BCUT2D eigenvalue weighted by Gasteiger charge is -2.09. The van der Waals surface area contributed by atoms with E-state index < -0.39 is 0 Å². The van der Waals surface area contributed by atoms with Crippen molar-refractivity contribution in [2.45, 2.75) is 80.6 Å². The van der Waals surface area contributed by atoms with Crippen molar-refractivity contribution in [3.8, 4) is 0 Å². The molecule has 125 heavy (non-hydrogen) atoms. The third-order valence-electron chi connectivity index (χ3n) is 15.6. The molecule has 0 aromatic heterocycles. The number of hydrogen-bond donors (Lipinski definition) is 12. The molecule has 0 radical (unpaired) electrons. The first-order valence-electron chi connectivity index (χ1n) is 40.3. The molecule has 6 unspecified atom stereocenters. The first-order chi connectivity index (χ1) is 60.0. The summed E-state index contributed by atoms with van der Waals surface area (Å²) in [5.41, 5.74) is 9.04. The maximum Gasteiger partial charge on any atom is 0.250 e. The van der Waals surface area contributed by atoms with E-state index in [0.717, 1.165) is 98.8 Å². The first-order valence-corrected chi connectivity index (χ1v) is 43.8. The van der Waals surface area contributed by atoms with Crippen LogP contribution in [0.5, 0.6) is 0 Å². The summed E-state index contributed by atoms with van der Waals surface area (Å²) in [6, 6.07) is 43.5. The van der Waals surface area contributed by atoms with Crippen LogP contribution in [-0.4, -0.2) is 238 Å². The zero-order valence-electron chi connectivity index (χ0n) is 72.1. The lowest BCUT2D eigenvalue weighted by molar-refractivity contribution is -0.127. The number of ketones is 2. The number of likely N-dealkylation sites (N-methyl/N-ethyl adjacent to an activating group) is 4. The van der Waals surface area contributed by atoms with Gasteiger partial charge in [0.05, 0.1) is 39.5 Å². The largest absolute Gasteiger partial charge is 0.378 e. The van der Waals surface area contributed by atoms with Crippen LogP contribution in [0.25, 0.3) is 0 Å². The number of carbonyl (C=O) groups excluding carboxylic acids is 14. The highest BCUT2D eigenvalue weighted by molar-refractivity contribution is 7.42. The fourth-order valence-corrected chi connectivity index (χ4v) is 10.4. The first kappa shape index (κ1) is 115. The quantitative estimate of drug-likeness (QED) is 0.0160. The summed E-state index contributed by atoms with van der Waals surface area (Å²) in [5.74, 6) is -1.31. The van der Waals surface area contributed by atoms with E-state index in [1.807, 2.05) is 151 Å². The SMILES string of the molecule is CCNCC(=O)Cc1ccc(C(=O)P)cc1.CCNCC(=O)Cc1ccc(C(=O)P)cc1.CCNCCOCC(=O)NCc1ccc(NC(=O)COCC(=O)P)cc1.CCNCCOCCOCC(=O)NCc1ccc(NC(=O)COCC(=O)P)cc1.CCNCc1ccc(NC(=O)COCC(=O)P)cc1.CCNCc1ccc(NC(=O)COCC(=O)P)cc1. The van der Waals surface area contributed by atoms with Crippen LogP contribution in [0.3, 0.4) is 0 Å². The van der Waals surface area contributed by atoms with Gasteiger partial charge in [-0.1, -0.05) is 194 Å². The molecular formula is C86H126N12O21P6. The number of benzene rings is 6. The Morgan fingerprint density at radius 3 is 0.752 bits per heavy atom. The van der Waals surface area contributed by atoms with Crippen LogP contribution in [0, 0.1) is 0 Å². The smallest absolute Gasteiger partial charge is 0.250 e. The summed E-state index contributed by atoms with van der Waals surface area (Å²) in [4.78, 5) is 157. The van der Waals surface area contributed by atoms with Crippen LogP contribution in [0.4, 0.5) is 22.7 Å². The summed E-state index contributed by atoms with van der Waals surface area (Å²) in [5, 5.41) is 34.9. The Hall–Kier alpha value is -8.44. The molecule has 33 nitrogen and oxygen atoms in total. The summed E-state index contributed by atoms with van der Waals surface area (Å²) >= 11 is 0. The molecule has 6 rings (SSSR count). The van der Waals surface area contributed by atoms with E-state index in [2.05, 4.69) is 82.3 Å². The molecule has 6 atom stereocenters. The number of amides is 6. The number of rotatable bonds is 57. The molecule has 0 saturated heterocycles. The van der Waals surface area contributed by atoms with Gasteiger partial charge in [0.25, 0.3) is 0 Å². The fraction of sp³-hybridized carbons (Fsp3) is 0.419. The number of hydrogen-bond acceptors (Lipinski definition) is 27. The lowest BCUT2D eigenvalue weighted by atomic mass is 10.1. The molecule has 0 saturated carbocycles. The molecule has 6 aromatic carbocycles. The highest BCUT2D eigenvalue weighted by Crippen LogP contribution is 2.15. The molecule has 0 spiro atoms. The summed E-state index contributed by atoms with van der Waals surface area (Å²) < 4.78 is 35.5. The molecule has 6 amide bonds. The van der Waals surface area contributed by atoms with Gasteiger partial charge in [-0.2, -0.15) is 0 Å². The summed E-state index contributed by atoms with van der Waals surface area (Å²) in [6.07, 6.45) is 0.830. The molecule has 39 heteroatoms. The van der Waals surface area contributed by atoms with Crippen LogP contribution < -0.4 is 63.8 Å². The number of ether oxygens (including phenoxy) is 7. The molecule has 0 aliphatic rings. The van der Waals surface area contributed by atoms with Crippen molar-refractivity contribution in [3.63, 3.8) is 0 Å². The standard InChI is InChI=1S/C19H30N3O6P.C17H26N3O5P.2C13H19N2O3P.2C12H16NO2P/c1-2-20-7-8-26-9-10-27-12-17(23)21-11-15-3-5-16(6-4-15)22-18(24)13-28-14-19(25)29;1-2-18-7-8-24-10-15(21)19-9-13-3-5-14(6-4-13)20-16(22)11-25-12-17(23)26;2*1-2-14-7-10-3-5-11(6-4-10)15-12(16)8-18-9-13(17)19;2*1-2-13-8-11(14)7-9-3-5-10(6-4-9)12(15)16/h3-6,20H,2,7-14,29H2,1H3,(H,21,23)(H,22,24);3-6,18H,2,7-12,26H2,1H3,(H,19,21)(H,20,22);2*3-6,14H,2,7-9,19H2,1H3,(H,15,16);2*3-6,13H,2,7-8,16H2,1H3. The summed E-state index contributed by atoms with van der Waals surface area (Å²) in [7, 11) is 12.2. The van der Waals surface area contributed by atoms with Gasteiger partial charge < -0.3 is 97.0 Å². The van der Waals surface area contributed by atoms with E-state index in [-0.39, 0.29) is 146 Å². The second kappa shape index (κ2) is 74.6. The van der Waals surface area contributed by atoms with Crippen molar-refractivity contribution in [1.82, 2.24) is 42.5 Å². The van der Waals surface area contributed by atoms with Crippen LogP contribution in [0.1, 0.15) is 95.6 Å². The monoisotopic (exact) mass is 1850 g/mol. The van der Waals surface area contributed by atoms with Crippen LogP contribution in [-0.2, 0) is 130 Å². The Labute approximate surface area is 747 Å². The molecule has 0 aliphatic heterocycles. The molecular weight excluding hydrogens is 1720 g/mol. The molecule has 0 heterocycles. The maximum absolute atomic E-state index is 11.8. The van der Waals surface area contributed by atoms with E-state index in [1.165, 1.54) is 0 Å². The minimum atomic E-state index is -0.347. The van der Waals surface area contributed by atoms with Gasteiger partial charge in [0.15, 0.2) is 44.7 Å². The van der Waals surface area contributed by atoms with Crippen molar-refractivity contribution >= 4 is 158 Å². The molecule has 6 aromatic rings. The maximum atomic E-state index is 11.8. The second-order valence-corrected chi connectivity index (χ2v) is 30.1. The lowest BCUT2D eigenvalue weighted by Crippen LogP contribution is -2.28. The van der Waals surface area contributed by atoms with Gasteiger partial charge in [-0.3, -0.25) is 67.1 Å². The van der Waals surface area contributed by atoms with E-state index in [0.29, 0.717) is 99.3 Å². The molecule has 0 aliphatic carbocycles. The Bertz CT molecular complexity index is 3990. The van der Waals surface area contributed by atoms with E-state index >= 15 is 0 Å². The Morgan fingerprint density at radius 1 is 0.248 bits per heavy atom. The van der Waals surface area contributed by atoms with Crippen molar-refractivity contribution in [1.29, 1.82) is 0 Å². The third kappa shape index (κ3) is 65.7. The number of carbonyl (C=O) groups is 14. The fourth-order valence-electron chi connectivity index (χ4n) is 9.51. The predicted molar refractivity (Wildman–Crippen MR) is 506 cm³/mol. The van der Waals surface area contributed by atoms with Crippen molar-refractivity contribution in [3.05, 3.63) is 190 Å². The minimum Gasteiger partial charge on any atom is -0.378 e. The average molecular weight is 1850 g/mol. The van der Waals surface area contributed by atoms with Crippen molar-refractivity contribution in [2.75, 3.05) is 179 Å². The van der Waals surface area contributed by atoms with Gasteiger partial charge in [-0.15, -0.1) is 0 Å². The molecule has 0 bridgehead atoms. The van der Waals surface area contributed by atoms with E-state index in [1.54, 1.807) is 72.8 Å². The van der Waals surface area contributed by atoms with Gasteiger partial charge in [-0.05, 0) is 121 Å². The van der Waals surface area contributed by atoms with Crippen molar-refractivity contribution in [2.24, 2.45) is 0 Å². The van der Waals surface area contributed by atoms with E-state index in [9.17, 15) is 67.1 Å². The van der Waals surface area contributed by atoms with Gasteiger partial charge in [0.2, 0.25) is 35.4 Å². The zero-order valence-corrected chi connectivity index (χ0v) is 79.0. The van der Waals surface area contributed by atoms with Crippen LogP contribution >= 0.6 is 55.4 Å². The van der Waals surface area contributed by atoms with Gasteiger partial charge >= 0.3 is 0 Å². The highest BCUT2D eigenvalue weighted by Gasteiger charge is 2.12. The molecule has 12 N–H and O–H groups in total. The van der Waals surface area contributed by atoms with Crippen molar-refractivity contribution < 1.29 is 100 Å². The van der Waals surface area contributed by atoms with E-state index in [4.69, 9.17) is 33.2 Å². The van der Waals surface area contributed by atoms with Gasteiger partial charge in [0, 0.05) is 86.0 Å². The second-order valence-electron chi connectivity index (χ2n) is 26.5. The number of nitrogens with one attached hydrogen (secondary N) is 12. The van der Waals surface area contributed by atoms with Crippen LogP contribution in [0.2, 0.25) is 0 Å². The Kier molecular flexibility index (Phi) is 68.4. The predicted octanol–water partition coefficient (Wildman–Crippen LogP) is 5.74. The van der Waals surface area contributed by atoms with Crippen LogP contribution in [0.15, 0.2) is 146 Å². The highest BCUT2D eigenvalue weighted by atomic mass is 31.0. The van der Waals surface area contributed by atoms with Gasteiger partial charge in [-0.25, -0.2) is 0 Å². The Balaban J connectivity index is 0.000000760. The normalized spacial score (nSPS) is 10.3. The summed E-state index contributed by atoms with van der Waals surface area (Å²) in [6.45, 7) is 22.9. The Morgan fingerprint density at radius 2 is 0.488 bits per heavy atom. The number of Topliss-reactive ketones (excluding diaryl/α,β-unsaturated/α-hetero) is 2. The molecule has 686 valence electrons. The van der Waals surface area contributed by atoms with Gasteiger partial charge in [0.1, 0.15) is 66.1 Å². The molecule has 0 fully saturated rings. The minimum absolute atomic E-state index is 0.0243. The average Bonchev–Trinajstić information content (AvgIpc) is 0.890. The zero-order chi connectivity index (χ0) is 92.6. The topological polar surface area (TPSA) is 448 Å². The number of anilines is 4.